The topological polar surface area (TPSA) is 29.9 Å². The summed E-state index contributed by atoms with van der Waals surface area (Å²) in [5.41, 5.74) is 7.14. The fourth-order valence-corrected chi connectivity index (χ4v) is 2.03. The van der Waals surface area contributed by atoms with Gasteiger partial charge in [-0.3, -0.25) is 5.73 Å². The van der Waals surface area contributed by atoms with Gasteiger partial charge in [-0.15, -0.1) is 0 Å². The van der Waals surface area contributed by atoms with Gasteiger partial charge in [0, 0.05) is 11.8 Å². The Morgan fingerprint density at radius 2 is 2.00 bits per heavy atom. The minimum Gasteiger partial charge on any atom is -0.278 e. The van der Waals surface area contributed by atoms with Crippen molar-refractivity contribution in [3.63, 3.8) is 0 Å². The van der Waals surface area contributed by atoms with Crippen molar-refractivity contribution in [2.45, 2.75) is 13.0 Å². The fourth-order valence-electron chi connectivity index (χ4n) is 1.39. The van der Waals surface area contributed by atoms with Gasteiger partial charge in [0.2, 0.25) is 0 Å². The first kappa shape index (κ1) is 9.21. The van der Waals surface area contributed by atoms with E-state index in [1.165, 1.54) is 5.56 Å². The maximum Gasteiger partial charge on any atom is 0.331 e. The van der Waals surface area contributed by atoms with Crippen molar-refractivity contribution in [3.8, 4) is 0 Å². The zero-order chi connectivity index (χ0) is 9.80. The van der Waals surface area contributed by atoms with Gasteiger partial charge < -0.3 is 0 Å². The Balaban J connectivity index is 1.99. The van der Waals surface area contributed by atoms with Crippen molar-refractivity contribution in [3.05, 3.63) is 47.5 Å². The summed E-state index contributed by atoms with van der Waals surface area (Å²) in [6.07, 6.45) is 3.06. The molecule has 0 spiro atoms. The van der Waals surface area contributed by atoms with Crippen LogP contribution < -0.4 is 10.3 Å². The Morgan fingerprint density at radius 1 is 1.21 bits per heavy atom. The third kappa shape index (κ3) is 2.12. The lowest BCUT2D eigenvalue weighted by Crippen LogP contribution is -2.34. The van der Waals surface area contributed by atoms with E-state index in [0.717, 1.165) is 18.1 Å². The molecule has 0 aliphatic rings. The number of nitrogen functional groups attached to an aromatic ring is 1. The first-order valence-corrected chi connectivity index (χ1v) is 5.50. The zero-order valence-electron chi connectivity index (χ0n) is 7.89. The van der Waals surface area contributed by atoms with Gasteiger partial charge in [-0.1, -0.05) is 41.7 Å². The van der Waals surface area contributed by atoms with Crippen LogP contribution in [0.5, 0.6) is 0 Å². The molecule has 0 aliphatic heterocycles. The quantitative estimate of drug-likeness (QED) is 0.762. The Labute approximate surface area is 87.6 Å². The maximum atomic E-state index is 5.79. The highest BCUT2D eigenvalue weighted by Gasteiger charge is 2.04. The Kier molecular flexibility index (Phi) is 2.79. The average molecular weight is 205 g/mol. The molecule has 2 nitrogen and oxygen atoms in total. The maximum absolute atomic E-state index is 5.79. The van der Waals surface area contributed by atoms with E-state index in [4.69, 9.17) is 5.73 Å². The average Bonchev–Trinajstić information content (AvgIpc) is 2.63. The standard InChI is InChI=1S/C11H12N2S/c12-11-13(8-9-14-11)7-6-10-4-2-1-3-5-10/h1-5,8-9,12H,6-7H2/p+1. The van der Waals surface area contributed by atoms with Gasteiger partial charge in [-0.25, -0.2) is 4.57 Å². The van der Waals surface area contributed by atoms with Crippen LogP contribution >= 0.6 is 11.3 Å². The van der Waals surface area contributed by atoms with Crippen LogP contribution in [0.3, 0.4) is 0 Å². The summed E-state index contributed by atoms with van der Waals surface area (Å²) in [7, 11) is 0. The molecule has 0 radical (unpaired) electrons. The fraction of sp³-hybridized carbons (Fsp3) is 0.182. The summed E-state index contributed by atoms with van der Waals surface area (Å²) in [4.78, 5) is 0. The first-order valence-electron chi connectivity index (χ1n) is 4.62. The van der Waals surface area contributed by atoms with Crippen LogP contribution in [0.4, 0.5) is 5.13 Å². The highest BCUT2D eigenvalue weighted by Crippen LogP contribution is 2.04. The number of hydrogen-bond donors (Lipinski definition) is 1. The number of anilines is 1. The molecule has 0 saturated carbocycles. The minimum absolute atomic E-state index is 0.876. The Bertz CT molecular complexity index is 395. The lowest BCUT2D eigenvalue weighted by Gasteiger charge is -1.98. The van der Waals surface area contributed by atoms with Crippen LogP contribution in [0.25, 0.3) is 0 Å². The van der Waals surface area contributed by atoms with E-state index < -0.39 is 0 Å². The summed E-state index contributed by atoms with van der Waals surface area (Å²) in [5, 5.41) is 2.89. The van der Waals surface area contributed by atoms with Crippen LogP contribution in [0.15, 0.2) is 41.9 Å². The number of nitrogens with zero attached hydrogens (tertiary/aromatic N) is 1. The molecule has 0 bridgehead atoms. The molecule has 72 valence electrons. The highest BCUT2D eigenvalue weighted by atomic mass is 32.1. The van der Waals surface area contributed by atoms with Gasteiger partial charge in [0.25, 0.3) is 0 Å². The molecule has 0 aliphatic carbocycles. The monoisotopic (exact) mass is 205 g/mol. The molecule has 0 fully saturated rings. The largest absolute Gasteiger partial charge is 0.331 e. The molecular weight excluding hydrogens is 192 g/mol. The summed E-state index contributed by atoms with van der Waals surface area (Å²) in [6.45, 7) is 0.958. The molecule has 1 heterocycles. The van der Waals surface area contributed by atoms with Gasteiger partial charge in [0.1, 0.15) is 6.20 Å². The summed E-state index contributed by atoms with van der Waals surface area (Å²) < 4.78 is 2.08. The molecule has 1 aromatic carbocycles. The van der Waals surface area contributed by atoms with Gasteiger partial charge in [0.05, 0.1) is 6.54 Å². The van der Waals surface area contributed by atoms with E-state index in [1.54, 1.807) is 11.3 Å². The van der Waals surface area contributed by atoms with Crippen LogP contribution in [-0.4, -0.2) is 0 Å². The predicted octanol–water partition coefficient (Wildman–Crippen LogP) is 1.86. The van der Waals surface area contributed by atoms with Gasteiger partial charge in [-0.05, 0) is 5.56 Å². The van der Waals surface area contributed by atoms with E-state index in [1.807, 2.05) is 17.6 Å². The van der Waals surface area contributed by atoms with Crippen LogP contribution in [0.2, 0.25) is 0 Å². The second-order valence-corrected chi connectivity index (χ2v) is 4.10. The lowest BCUT2D eigenvalue weighted by atomic mass is 10.1. The lowest BCUT2D eigenvalue weighted by molar-refractivity contribution is -0.678. The SMILES string of the molecule is Nc1scc[n+]1CCc1ccccc1. The van der Waals surface area contributed by atoms with Crippen LogP contribution in [0, 0.1) is 0 Å². The number of rotatable bonds is 3. The number of hydrogen-bond acceptors (Lipinski definition) is 2. The van der Waals surface area contributed by atoms with Gasteiger partial charge >= 0.3 is 5.13 Å². The number of aryl methyl sites for hydroxylation is 2. The highest BCUT2D eigenvalue weighted by molar-refractivity contribution is 7.12. The number of thiazole rings is 1. The van der Waals surface area contributed by atoms with Crippen LogP contribution in [0.1, 0.15) is 5.56 Å². The molecule has 0 unspecified atom stereocenters. The first-order chi connectivity index (χ1) is 6.86. The van der Waals surface area contributed by atoms with E-state index in [9.17, 15) is 0 Å². The molecule has 0 saturated heterocycles. The Morgan fingerprint density at radius 3 is 2.64 bits per heavy atom. The number of benzene rings is 1. The van der Waals surface area contributed by atoms with Crippen molar-refractivity contribution in [1.29, 1.82) is 0 Å². The molecule has 0 atom stereocenters. The van der Waals surface area contributed by atoms with Crippen molar-refractivity contribution < 1.29 is 4.57 Å². The molecule has 1 aromatic heterocycles. The molecule has 2 N–H and O–H groups in total. The summed E-state index contributed by atoms with van der Waals surface area (Å²) in [6, 6.07) is 10.5. The van der Waals surface area contributed by atoms with Crippen molar-refractivity contribution in [1.82, 2.24) is 0 Å². The summed E-state index contributed by atoms with van der Waals surface area (Å²) >= 11 is 1.58. The van der Waals surface area contributed by atoms with Crippen molar-refractivity contribution in [2.75, 3.05) is 5.73 Å². The Hall–Kier alpha value is -1.35. The predicted molar refractivity (Wildman–Crippen MR) is 59.1 cm³/mol. The molecule has 14 heavy (non-hydrogen) atoms. The third-order valence-corrected chi connectivity index (χ3v) is 2.93. The van der Waals surface area contributed by atoms with Gasteiger partial charge in [-0.2, -0.15) is 0 Å². The second-order valence-electron chi connectivity index (χ2n) is 3.17. The normalized spacial score (nSPS) is 10.3. The molecule has 0 amide bonds. The van der Waals surface area contributed by atoms with E-state index in [-0.39, 0.29) is 0 Å². The molecular formula is C11H13N2S+. The van der Waals surface area contributed by atoms with E-state index >= 15 is 0 Å². The zero-order valence-corrected chi connectivity index (χ0v) is 8.70. The number of aromatic nitrogens is 1. The summed E-state index contributed by atoms with van der Waals surface area (Å²) in [5.74, 6) is 0. The van der Waals surface area contributed by atoms with Gasteiger partial charge in [0.15, 0.2) is 0 Å². The number of nitrogens with two attached hydrogens (primary N) is 1. The van der Waals surface area contributed by atoms with Crippen molar-refractivity contribution >= 4 is 16.5 Å². The molecule has 2 rings (SSSR count). The van der Waals surface area contributed by atoms with E-state index in [2.05, 4.69) is 28.8 Å². The van der Waals surface area contributed by atoms with E-state index in [0.29, 0.717) is 0 Å². The van der Waals surface area contributed by atoms with Crippen molar-refractivity contribution in [2.24, 2.45) is 0 Å². The third-order valence-electron chi connectivity index (χ3n) is 2.20. The smallest absolute Gasteiger partial charge is 0.278 e. The van der Waals surface area contributed by atoms with Crippen LogP contribution in [-0.2, 0) is 13.0 Å². The molecule has 2 aromatic rings. The minimum atomic E-state index is 0.876. The molecule has 3 heteroatoms. The second kappa shape index (κ2) is 4.24.